The molecular weight excluding hydrogens is 332 g/mol. The number of fused-ring (bicyclic) bond motifs is 1. The van der Waals surface area contributed by atoms with Crippen molar-refractivity contribution in [1.82, 2.24) is 0 Å². The van der Waals surface area contributed by atoms with Gasteiger partial charge in [0.05, 0.1) is 12.1 Å². The second kappa shape index (κ2) is 7.26. The molecule has 0 aromatic heterocycles. The molecule has 0 saturated carbocycles. The number of Topliss-reactive ketones (excluding diaryl/α,β-unsaturated/α-hetero) is 1. The van der Waals surface area contributed by atoms with Crippen LogP contribution < -0.4 is 10.6 Å². The van der Waals surface area contributed by atoms with Crippen LogP contribution in [-0.4, -0.2) is 23.6 Å². The molecule has 0 aliphatic carbocycles. The topological polar surface area (TPSA) is 100.0 Å². The van der Waals surface area contributed by atoms with E-state index in [1.165, 1.54) is 6.92 Å². The zero-order valence-corrected chi connectivity index (χ0v) is 14.4. The number of rotatable bonds is 5. The molecule has 0 bridgehead atoms. The quantitative estimate of drug-likeness (QED) is 0.640. The fourth-order valence-electron chi connectivity index (χ4n) is 2.56. The standard InChI is InChI=1S/C19H18N4O3/c1-11-3-6-14(7-4-11)22-23-18(12(2)24)19(26)20-15-8-5-13-9-17(25)21-16(13)10-15/h3-8,10,18H,9H2,1-2H3,(H,20,26)(H,21,25). The Kier molecular flexibility index (Phi) is 4.88. The number of nitrogens with one attached hydrogen (secondary N) is 2. The van der Waals surface area contributed by atoms with Crippen molar-refractivity contribution < 1.29 is 14.4 Å². The summed E-state index contributed by atoms with van der Waals surface area (Å²) in [7, 11) is 0. The highest BCUT2D eigenvalue weighted by Crippen LogP contribution is 2.26. The highest BCUT2D eigenvalue weighted by molar-refractivity contribution is 6.10. The van der Waals surface area contributed by atoms with Crippen LogP contribution in [0.2, 0.25) is 0 Å². The van der Waals surface area contributed by atoms with E-state index in [4.69, 9.17) is 0 Å². The third-order valence-corrected chi connectivity index (χ3v) is 3.96. The van der Waals surface area contributed by atoms with Crippen molar-refractivity contribution in [3.05, 3.63) is 53.6 Å². The van der Waals surface area contributed by atoms with Gasteiger partial charge in [-0.2, -0.15) is 10.2 Å². The Bertz CT molecular complexity index is 904. The summed E-state index contributed by atoms with van der Waals surface area (Å²) in [5, 5.41) is 13.2. The fraction of sp³-hybridized carbons (Fsp3) is 0.211. The molecule has 0 radical (unpaired) electrons. The van der Waals surface area contributed by atoms with Crippen molar-refractivity contribution in [1.29, 1.82) is 0 Å². The van der Waals surface area contributed by atoms with Gasteiger partial charge in [0.1, 0.15) is 0 Å². The van der Waals surface area contributed by atoms with Gasteiger partial charge >= 0.3 is 0 Å². The molecule has 2 amide bonds. The van der Waals surface area contributed by atoms with Crippen molar-refractivity contribution in [3.8, 4) is 0 Å². The summed E-state index contributed by atoms with van der Waals surface area (Å²) in [6, 6.07) is 11.1. The van der Waals surface area contributed by atoms with Gasteiger partial charge in [-0.15, -0.1) is 0 Å². The summed E-state index contributed by atoms with van der Waals surface area (Å²) in [6.07, 6.45) is 0.324. The molecule has 1 aliphatic rings. The summed E-state index contributed by atoms with van der Waals surface area (Å²) in [5.41, 5.74) is 3.65. The molecule has 26 heavy (non-hydrogen) atoms. The van der Waals surface area contributed by atoms with Crippen molar-refractivity contribution in [3.63, 3.8) is 0 Å². The lowest BCUT2D eigenvalue weighted by Crippen LogP contribution is -2.31. The predicted molar refractivity (Wildman–Crippen MR) is 97.6 cm³/mol. The van der Waals surface area contributed by atoms with Crippen LogP contribution in [0.5, 0.6) is 0 Å². The first-order chi connectivity index (χ1) is 12.4. The number of ketones is 1. The Morgan fingerprint density at radius 2 is 1.88 bits per heavy atom. The lowest BCUT2D eigenvalue weighted by Gasteiger charge is -2.10. The Labute approximate surface area is 150 Å². The molecule has 2 aromatic carbocycles. The first-order valence-corrected chi connectivity index (χ1v) is 8.14. The second-order valence-corrected chi connectivity index (χ2v) is 6.15. The van der Waals surface area contributed by atoms with Crippen LogP contribution >= 0.6 is 0 Å². The van der Waals surface area contributed by atoms with Crippen LogP contribution in [0.25, 0.3) is 0 Å². The number of azo groups is 1. The van der Waals surface area contributed by atoms with Crippen molar-refractivity contribution in [2.45, 2.75) is 26.3 Å². The van der Waals surface area contributed by atoms with Crippen LogP contribution in [0.15, 0.2) is 52.7 Å². The molecule has 2 N–H and O–H groups in total. The Morgan fingerprint density at radius 1 is 1.15 bits per heavy atom. The molecule has 132 valence electrons. The van der Waals surface area contributed by atoms with Gasteiger partial charge in [0.2, 0.25) is 11.9 Å². The van der Waals surface area contributed by atoms with Crippen LogP contribution in [0.4, 0.5) is 17.1 Å². The molecule has 1 atom stereocenters. The van der Waals surface area contributed by atoms with Crippen LogP contribution in [0.3, 0.4) is 0 Å². The van der Waals surface area contributed by atoms with E-state index in [1.807, 2.05) is 19.1 Å². The van der Waals surface area contributed by atoms with E-state index >= 15 is 0 Å². The van der Waals surface area contributed by atoms with Gasteiger partial charge in [-0.1, -0.05) is 23.8 Å². The molecule has 3 rings (SSSR count). The SMILES string of the molecule is CC(=O)C(N=Nc1ccc(C)cc1)C(=O)Nc1ccc2c(c1)NC(=O)C2. The minimum atomic E-state index is -1.24. The maximum atomic E-state index is 12.4. The van der Waals surface area contributed by atoms with E-state index < -0.39 is 17.7 Å². The molecule has 0 fully saturated rings. The van der Waals surface area contributed by atoms with Crippen molar-refractivity contribution >= 4 is 34.7 Å². The van der Waals surface area contributed by atoms with Gasteiger partial charge in [0.15, 0.2) is 5.78 Å². The van der Waals surface area contributed by atoms with Gasteiger partial charge in [0.25, 0.3) is 5.91 Å². The van der Waals surface area contributed by atoms with Crippen LogP contribution in [0, 0.1) is 6.92 Å². The van der Waals surface area contributed by atoms with E-state index in [9.17, 15) is 14.4 Å². The summed E-state index contributed by atoms with van der Waals surface area (Å²) >= 11 is 0. The van der Waals surface area contributed by atoms with E-state index in [2.05, 4.69) is 20.9 Å². The molecule has 1 aliphatic heterocycles. The van der Waals surface area contributed by atoms with Gasteiger partial charge < -0.3 is 10.6 Å². The lowest BCUT2D eigenvalue weighted by molar-refractivity contribution is -0.126. The zero-order chi connectivity index (χ0) is 18.7. The second-order valence-electron chi connectivity index (χ2n) is 6.15. The number of aryl methyl sites for hydroxylation is 1. The third kappa shape index (κ3) is 4.00. The molecule has 1 unspecified atom stereocenters. The number of benzene rings is 2. The Balaban J connectivity index is 1.73. The number of hydrogen-bond donors (Lipinski definition) is 2. The predicted octanol–water partition coefficient (Wildman–Crippen LogP) is 3.17. The smallest absolute Gasteiger partial charge is 0.258 e. The molecule has 2 aromatic rings. The summed E-state index contributed by atoms with van der Waals surface area (Å²) in [4.78, 5) is 35.6. The average Bonchev–Trinajstić information content (AvgIpc) is 2.95. The summed E-state index contributed by atoms with van der Waals surface area (Å²) < 4.78 is 0. The number of nitrogens with zero attached hydrogens (tertiary/aromatic N) is 2. The molecule has 0 saturated heterocycles. The molecular formula is C19H18N4O3. The van der Waals surface area contributed by atoms with E-state index in [0.717, 1.165) is 11.1 Å². The Morgan fingerprint density at radius 3 is 2.58 bits per heavy atom. The van der Waals surface area contributed by atoms with E-state index in [0.29, 0.717) is 23.5 Å². The van der Waals surface area contributed by atoms with Crippen molar-refractivity contribution in [2.24, 2.45) is 10.2 Å². The third-order valence-electron chi connectivity index (χ3n) is 3.96. The lowest BCUT2D eigenvalue weighted by atomic mass is 10.1. The van der Waals surface area contributed by atoms with Crippen molar-refractivity contribution in [2.75, 3.05) is 10.6 Å². The van der Waals surface area contributed by atoms with Gasteiger partial charge in [-0.3, -0.25) is 14.4 Å². The zero-order valence-electron chi connectivity index (χ0n) is 14.4. The van der Waals surface area contributed by atoms with E-state index in [-0.39, 0.29) is 5.91 Å². The maximum absolute atomic E-state index is 12.4. The molecule has 7 heteroatoms. The molecule has 7 nitrogen and oxygen atoms in total. The largest absolute Gasteiger partial charge is 0.325 e. The average molecular weight is 350 g/mol. The Hall–Kier alpha value is -3.35. The minimum absolute atomic E-state index is 0.0861. The summed E-state index contributed by atoms with van der Waals surface area (Å²) in [6.45, 7) is 3.24. The highest BCUT2D eigenvalue weighted by atomic mass is 16.2. The van der Waals surface area contributed by atoms with Crippen LogP contribution in [-0.2, 0) is 20.8 Å². The maximum Gasteiger partial charge on any atom is 0.258 e. The monoisotopic (exact) mass is 350 g/mol. The number of carbonyl (C=O) groups excluding carboxylic acids is 3. The minimum Gasteiger partial charge on any atom is -0.325 e. The highest BCUT2D eigenvalue weighted by Gasteiger charge is 2.24. The molecule has 1 heterocycles. The fourth-order valence-corrected chi connectivity index (χ4v) is 2.56. The molecule has 0 spiro atoms. The van der Waals surface area contributed by atoms with Crippen LogP contribution in [0.1, 0.15) is 18.1 Å². The van der Waals surface area contributed by atoms with E-state index in [1.54, 1.807) is 30.3 Å². The first kappa shape index (κ1) is 17.5. The summed E-state index contributed by atoms with van der Waals surface area (Å²) in [5.74, 6) is -1.07. The number of anilines is 2. The van der Waals surface area contributed by atoms with Gasteiger partial charge in [0, 0.05) is 11.4 Å². The van der Waals surface area contributed by atoms with Gasteiger partial charge in [-0.05, 0) is 43.7 Å². The number of amides is 2. The number of hydrogen-bond acceptors (Lipinski definition) is 5. The van der Waals surface area contributed by atoms with Gasteiger partial charge in [-0.25, -0.2) is 0 Å². The normalized spacial score (nSPS) is 14.0. The first-order valence-electron chi connectivity index (χ1n) is 8.14. The number of carbonyl (C=O) groups is 3.